The number of hydrogen-bond donors (Lipinski definition) is 3. The summed E-state index contributed by atoms with van der Waals surface area (Å²) >= 11 is 0. The zero-order chi connectivity index (χ0) is 17.8. The number of amides is 2. The maximum atomic E-state index is 12.2. The van der Waals surface area contributed by atoms with Gasteiger partial charge in [0.15, 0.2) is 0 Å². The Balaban J connectivity index is 1.69. The molecule has 0 saturated carbocycles. The van der Waals surface area contributed by atoms with Gasteiger partial charge in [0, 0.05) is 0 Å². The maximum absolute atomic E-state index is 12.2. The van der Waals surface area contributed by atoms with Crippen molar-refractivity contribution in [2.24, 2.45) is 0 Å². The summed E-state index contributed by atoms with van der Waals surface area (Å²) in [5.41, 5.74) is 1.29. The Morgan fingerprint density at radius 1 is 1.28 bits per heavy atom. The summed E-state index contributed by atoms with van der Waals surface area (Å²) in [5, 5.41) is 19.7. The first-order valence-electron chi connectivity index (χ1n) is 7.80. The molecule has 0 spiro atoms. The predicted molar refractivity (Wildman–Crippen MR) is 91.5 cm³/mol. The van der Waals surface area contributed by atoms with E-state index in [1.165, 1.54) is 6.26 Å². The molecule has 0 aliphatic heterocycles. The highest BCUT2D eigenvalue weighted by Gasteiger charge is 2.14. The van der Waals surface area contributed by atoms with E-state index in [1.54, 1.807) is 22.9 Å². The molecule has 0 aliphatic rings. The molecule has 3 N–H and O–H groups in total. The molecule has 0 aliphatic carbocycles. The monoisotopic (exact) mass is 341 g/mol. The first-order chi connectivity index (χ1) is 12.0. The number of rotatable bonds is 5. The van der Waals surface area contributed by atoms with E-state index in [0.29, 0.717) is 23.0 Å². The van der Waals surface area contributed by atoms with Gasteiger partial charge in [-0.05, 0) is 38.1 Å². The van der Waals surface area contributed by atoms with E-state index in [2.05, 4.69) is 20.7 Å². The fourth-order valence-corrected chi connectivity index (χ4v) is 2.45. The molecular formula is C17H19N5O3. The molecule has 0 radical (unpaired) electrons. The van der Waals surface area contributed by atoms with Crippen LogP contribution in [0.5, 0.6) is 0 Å². The van der Waals surface area contributed by atoms with Gasteiger partial charge < -0.3 is 20.2 Å². The van der Waals surface area contributed by atoms with Crippen LogP contribution >= 0.6 is 0 Å². The van der Waals surface area contributed by atoms with Crippen LogP contribution in [0.3, 0.4) is 0 Å². The lowest BCUT2D eigenvalue weighted by Gasteiger charge is -2.13. The van der Waals surface area contributed by atoms with E-state index in [4.69, 9.17) is 4.42 Å². The van der Waals surface area contributed by atoms with Crippen molar-refractivity contribution in [3.8, 4) is 5.69 Å². The molecule has 3 aromatic rings. The standard InChI is InChI=1S/C17H19N5O3/c1-11-19-12(2)22(21-11)14-7-4-3-6-13(14)20-17(24)18-10-15(23)16-8-5-9-25-16/h3-9,15,23H,10H2,1-2H3,(H2,18,20,24). The van der Waals surface area contributed by atoms with Crippen LogP contribution in [0.4, 0.5) is 10.5 Å². The molecule has 1 aromatic carbocycles. The Labute approximate surface area is 144 Å². The van der Waals surface area contributed by atoms with Gasteiger partial charge in [-0.25, -0.2) is 14.5 Å². The van der Waals surface area contributed by atoms with Crippen LogP contribution in [-0.4, -0.2) is 32.4 Å². The van der Waals surface area contributed by atoms with Crippen LogP contribution in [0.15, 0.2) is 47.1 Å². The van der Waals surface area contributed by atoms with Crippen LogP contribution in [0, 0.1) is 13.8 Å². The van der Waals surface area contributed by atoms with Crippen molar-refractivity contribution in [2.45, 2.75) is 20.0 Å². The Hall–Kier alpha value is -3.13. The van der Waals surface area contributed by atoms with E-state index in [9.17, 15) is 9.90 Å². The smallest absolute Gasteiger partial charge is 0.319 e. The molecule has 0 bridgehead atoms. The van der Waals surface area contributed by atoms with E-state index in [1.807, 2.05) is 32.0 Å². The van der Waals surface area contributed by atoms with Gasteiger partial charge >= 0.3 is 6.03 Å². The third-order valence-electron chi connectivity index (χ3n) is 3.58. The number of furan rings is 1. The molecule has 8 nitrogen and oxygen atoms in total. The number of anilines is 1. The number of para-hydroxylation sites is 2. The van der Waals surface area contributed by atoms with Crippen molar-refractivity contribution < 1.29 is 14.3 Å². The molecule has 3 rings (SSSR count). The lowest BCUT2D eigenvalue weighted by atomic mass is 10.2. The van der Waals surface area contributed by atoms with Crippen LogP contribution in [0.25, 0.3) is 5.69 Å². The number of nitrogens with zero attached hydrogens (tertiary/aromatic N) is 3. The van der Waals surface area contributed by atoms with Crippen LogP contribution in [0.1, 0.15) is 23.5 Å². The second kappa shape index (κ2) is 7.18. The summed E-state index contributed by atoms with van der Waals surface area (Å²) in [6.07, 6.45) is 0.563. The molecule has 0 fully saturated rings. The number of benzene rings is 1. The number of aryl methyl sites for hydroxylation is 2. The average Bonchev–Trinajstić information content (AvgIpc) is 3.23. The van der Waals surface area contributed by atoms with Gasteiger partial charge in [-0.2, -0.15) is 5.10 Å². The van der Waals surface area contributed by atoms with Crippen molar-refractivity contribution in [1.29, 1.82) is 0 Å². The van der Waals surface area contributed by atoms with E-state index >= 15 is 0 Å². The first-order valence-corrected chi connectivity index (χ1v) is 7.80. The van der Waals surface area contributed by atoms with Gasteiger partial charge in [-0.1, -0.05) is 12.1 Å². The van der Waals surface area contributed by atoms with Crippen molar-refractivity contribution in [2.75, 3.05) is 11.9 Å². The quantitative estimate of drug-likeness (QED) is 0.660. The first kappa shape index (κ1) is 16.7. The largest absolute Gasteiger partial charge is 0.467 e. The zero-order valence-electron chi connectivity index (χ0n) is 13.9. The molecule has 1 unspecified atom stereocenters. The molecule has 8 heteroatoms. The number of carbonyl (C=O) groups is 1. The molecule has 2 amide bonds. The number of urea groups is 1. The van der Waals surface area contributed by atoms with Gasteiger partial charge in [0.05, 0.1) is 24.2 Å². The highest BCUT2D eigenvalue weighted by Crippen LogP contribution is 2.20. The normalized spacial score (nSPS) is 12.0. The summed E-state index contributed by atoms with van der Waals surface area (Å²) < 4.78 is 6.77. The van der Waals surface area contributed by atoms with Gasteiger partial charge in [0.25, 0.3) is 0 Å². The maximum Gasteiger partial charge on any atom is 0.319 e. The second-order valence-corrected chi connectivity index (χ2v) is 5.50. The minimum absolute atomic E-state index is 0.0307. The molecule has 2 aromatic heterocycles. The minimum Gasteiger partial charge on any atom is -0.467 e. The van der Waals surface area contributed by atoms with Gasteiger partial charge in [0.2, 0.25) is 0 Å². The fraction of sp³-hybridized carbons (Fsp3) is 0.235. The highest BCUT2D eigenvalue weighted by molar-refractivity contribution is 5.91. The van der Waals surface area contributed by atoms with Crippen molar-refractivity contribution in [3.05, 3.63) is 60.1 Å². The Morgan fingerprint density at radius 3 is 2.76 bits per heavy atom. The Morgan fingerprint density at radius 2 is 2.08 bits per heavy atom. The van der Waals surface area contributed by atoms with Crippen molar-refractivity contribution in [1.82, 2.24) is 20.1 Å². The third-order valence-corrected chi connectivity index (χ3v) is 3.58. The predicted octanol–water partition coefficient (Wildman–Crippen LogP) is 2.33. The summed E-state index contributed by atoms with van der Waals surface area (Å²) in [4.78, 5) is 16.4. The minimum atomic E-state index is -0.906. The molecule has 0 saturated heterocycles. The van der Waals surface area contributed by atoms with E-state index in [0.717, 1.165) is 5.82 Å². The number of nitrogens with one attached hydrogen (secondary N) is 2. The number of hydrogen-bond acceptors (Lipinski definition) is 5. The second-order valence-electron chi connectivity index (χ2n) is 5.50. The van der Waals surface area contributed by atoms with Gasteiger partial charge in [-0.15, -0.1) is 0 Å². The van der Waals surface area contributed by atoms with Crippen LogP contribution in [0.2, 0.25) is 0 Å². The summed E-state index contributed by atoms with van der Waals surface area (Å²) in [6, 6.07) is 10.2. The lowest BCUT2D eigenvalue weighted by molar-refractivity contribution is 0.149. The van der Waals surface area contributed by atoms with E-state index < -0.39 is 12.1 Å². The molecule has 1 atom stereocenters. The molecule has 25 heavy (non-hydrogen) atoms. The fourth-order valence-electron chi connectivity index (χ4n) is 2.45. The van der Waals surface area contributed by atoms with E-state index in [-0.39, 0.29) is 6.54 Å². The Kier molecular flexibility index (Phi) is 4.80. The number of carbonyl (C=O) groups excluding carboxylic acids is 1. The SMILES string of the molecule is Cc1nc(C)n(-c2ccccc2NC(=O)NCC(O)c2ccco2)n1. The topological polar surface area (TPSA) is 105 Å². The van der Waals surface area contributed by atoms with Crippen molar-refractivity contribution in [3.63, 3.8) is 0 Å². The molecular weight excluding hydrogens is 322 g/mol. The summed E-state index contributed by atoms with van der Waals surface area (Å²) in [6.45, 7) is 3.68. The highest BCUT2D eigenvalue weighted by atomic mass is 16.4. The van der Waals surface area contributed by atoms with Crippen LogP contribution < -0.4 is 10.6 Å². The zero-order valence-corrected chi connectivity index (χ0v) is 13.9. The Bertz CT molecular complexity index is 857. The molecule has 130 valence electrons. The lowest BCUT2D eigenvalue weighted by Crippen LogP contribution is -2.32. The van der Waals surface area contributed by atoms with Crippen molar-refractivity contribution >= 4 is 11.7 Å². The third kappa shape index (κ3) is 3.86. The van der Waals surface area contributed by atoms with Gasteiger partial charge in [0.1, 0.15) is 23.5 Å². The number of aliphatic hydroxyl groups is 1. The molecule has 2 heterocycles. The number of aliphatic hydroxyl groups excluding tert-OH is 1. The average molecular weight is 341 g/mol. The van der Waals surface area contributed by atoms with Crippen LogP contribution in [-0.2, 0) is 0 Å². The number of aromatic nitrogens is 3. The summed E-state index contributed by atoms with van der Waals surface area (Å²) in [7, 11) is 0. The summed E-state index contributed by atoms with van der Waals surface area (Å²) in [5.74, 6) is 1.77. The van der Waals surface area contributed by atoms with Gasteiger partial charge in [-0.3, -0.25) is 0 Å².